The van der Waals surface area contributed by atoms with Crippen molar-refractivity contribution in [2.45, 2.75) is 13.5 Å². The Morgan fingerprint density at radius 2 is 2.14 bits per heavy atom. The molecule has 0 amide bonds. The average molecular weight is 303 g/mol. The fourth-order valence-corrected chi connectivity index (χ4v) is 2.11. The maximum atomic E-state index is 11.1. The maximum Gasteiger partial charge on any atom is 0.313 e. The zero-order chi connectivity index (χ0) is 15.4. The summed E-state index contributed by atoms with van der Waals surface area (Å²) in [6.45, 7) is 1.74. The van der Waals surface area contributed by atoms with Crippen molar-refractivity contribution in [1.82, 2.24) is 0 Å². The van der Waals surface area contributed by atoms with Gasteiger partial charge < -0.3 is 4.74 Å². The Hall–Kier alpha value is -2.58. The third-order valence-electron chi connectivity index (χ3n) is 2.95. The van der Waals surface area contributed by atoms with Crippen molar-refractivity contribution in [3.63, 3.8) is 0 Å². The molecule has 0 heterocycles. The van der Waals surface area contributed by atoms with Crippen molar-refractivity contribution in [3.05, 3.63) is 68.2 Å². The van der Waals surface area contributed by atoms with E-state index in [1.165, 1.54) is 6.07 Å². The van der Waals surface area contributed by atoms with E-state index < -0.39 is 4.92 Å². The number of benzene rings is 2. The molecule has 0 spiro atoms. The molecule has 2 aromatic carbocycles. The van der Waals surface area contributed by atoms with Crippen LogP contribution in [0.5, 0.6) is 5.75 Å². The Morgan fingerprint density at radius 1 is 1.38 bits per heavy atom. The second-order valence-corrected chi connectivity index (χ2v) is 4.79. The van der Waals surface area contributed by atoms with Crippen LogP contribution in [0, 0.1) is 28.4 Å². The summed E-state index contributed by atoms with van der Waals surface area (Å²) in [5, 5.41) is 20.2. The van der Waals surface area contributed by atoms with Crippen LogP contribution < -0.4 is 4.74 Å². The number of ether oxygens (including phenoxy) is 1. The summed E-state index contributed by atoms with van der Waals surface area (Å²) in [6.07, 6.45) is 0. The molecule has 2 rings (SSSR count). The fourth-order valence-electron chi connectivity index (χ4n) is 1.87. The van der Waals surface area contributed by atoms with Gasteiger partial charge in [-0.15, -0.1) is 0 Å². The molecule has 0 saturated carbocycles. The first-order valence-corrected chi connectivity index (χ1v) is 6.46. The van der Waals surface area contributed by atoms with Crippen LogP contribution >= 0.6 is 11.6 Å². The molecular weight excluding hydrogens is 292 g/mol. The molecule has 0 saturated heterocycles. The number of para-hydroxylation sites is 1. The lowest BCUT2D eigenvalue weighted by molar-refractivity contribution is -0.386. The smallest absolute Gasteiger partial charge is 0.313 e. The van der Waals surface area contributed by atoms with Crippen molar-refractivity contribution >= 4 is 17.3 Å². The van der Waals surface area contributed by atoms with Crippen molar-refractivity contribution < 1.29 is 9.66 Å². The van der Waals surface area contributed by atoms with E-state index in [-0.39, 0.29) is 18.0 Å². The minimum Gasteiger partial charge on any atom is -0.482 e. The van der Waals surface area contributed by atoms with Crippen LogP contribution in [0.2, 0.25) is 5.02 Å². The number of hydrogen-bond donors (Lipinski definition) is 0. The van der Waals surface area contributed by atoms with Crippen LogP contribution in [0.1, 0.15) is 16.7 Å². The molecule has 2 aromatic rings. The van der Waals surface area contributed by atoms with Gasteiger partial charge in [-0.05, 0) is 25.1 Å². The van der Waals surface area contributed by atoms with Crippen LogP contribution in [0.25, 0.3) is 0 Å². The summed E-state index contributed by atoms with van der Waals surface area (Å²) in [7, 11) is 0. The highest BCUT2D eigenvalue weighted by molar-refractivity contribution is 6.31. The summed E-state index contributed by atoms with van der Waals surface area (Å²) in [5.74, 6) is 0.195. The van der Waals surface area contributed by atoms with Gasteiger partial charge in [0.15, 0.2) is 5.75 Å². The Kier molecular flexibility index (Phi) is 4.41. The SMILES string of the molecule is Cc1cccc(OCc2ccc(C#N)cc2Cl)c1[N+](=O)[O-]. The van der Waals surface area contributed by atoms with Crippen molar-refractivity contribution in [3.8, 4) is 11.8 Å². The van der Waals surface area contributed by atoms with Gasteiger partial charge in [0, 0.05) is 16.1 Å². The van der Waals surface area contributed by atoms with E-state index in [0.717, 1.165) is 0 Å². The first kappa shape index (κ1) is 14.8. The summed E-state index contributed by atoms with van der Waals surface area (Å²) >= 11 is 6.04. The fraction of sp³-hybridized carbons (Fsp3) is 0.133. The number of hydrogen-bond acceptors (Lipinski definition) is 4. The van der Waals surface area contributed by atoms with Gasteiger partial charge in [0.1, 0.15) is 6.61 Å². The normalized spacial score (nSPS) is 9.95. The zero-order valence-electron chi connectivity index (χ0n) is 11.2. The molecule has 106 valence electrons. The summed E-state index contributed by atoms with van der Waals surface area (Å²) in [5.41, 5.74) is 1.59. The molecule has 0 unspecified atom stereocenters. The van der Waals surface area contributed by atoms with Crippen LogP contribution in [-0.2, 0) is 6.61 Å². The first-order chi connectivity index (χ1) is 10.0. The lowest BCUT2D eigenvalue weighted by atomic mass is 10.1. The summed E-state index contributed by atoms with van der Waals surface area (Å²) < 4.78 is 5.51. The standard InChI is InChI=1S/C15H11ClN2O3/c1-10-3-2-4-14(15(10)18(19)20)21-9-12-6-5-11(8-17)7-13(12)16/h2-7H,9H2,1H3. The van der Waals surface area contributed by atoms with Gasteiger partial charge in [-0.3, -0.25) is 10.1 Å². The molecule has 21 heavy (non-hydrogen) atoms. The van der Waals surface area contributed by atoms with Gasteiger partial charge in [-0.25, -0.2) is 0 Å². The maximum absolute atomic E-state index is 11.1. The molecule has 6 heteroatoms. The van der Waals surface area contributed by atoms with E-state index in [9.17, 15) is 10.1 Å². The zero-order valence-corrected chi connectivity index (χ0v) is 11.9. The molecule has 0 aliphatic heterocycles. The lowest BCUT2D eigenvalue weighted by Crippen LogP contribution is -2.01. The van der Waals surface area contributed by atoms with E-state index >= 15 is 0 Å². The molecule has 0 fully saturated rings. The predicted molar refractivity (Wildman–Crippen MR) is 78.3 cm³/mol. The Labute approximate surface area is 126 Å². The summed E-state index contributed by atoms with van der Waals surface area (Å²) in [6, 6.07) is 11.7. The van der Waals surface area contributed by atoms with Crippen LogP contribution in [0.15, 0.2) is 36.4 Å². The monoisotopic (exact) mass is 302 g/mol. The number of aryl methyl sites for hydroxylation is 1. The molecule has 0 aliphatic carbocycles. The average Bonchev–Trinajstić information content (AvgIpc) is 2.45. The minimum atomic E-state index is -0.467. The third kappa shape index (κ3) is 3.30. The molecule has 0 N–H and O–H groups in total. The topological polar surface area (TPSA) is 76.2 Å². The molecule has 0 aliphatic rings. The quantitative estimate of drug-likeness (QED) is 0.631. The van der Waals surface area contributed by atoms with Gasteiger partial charge in [0.05, 0.1) is 16.6 Å². The number of rotatable bonds is 4. The van der Waals surface area contributed by atoms with Crippen molar-refractivity contribution in [2.24, 2.45) is 0 Å². The Bertz CT molecular complexity index is 738. The largest absolute Gasteiger partial charge is 0.482 e. The molecule has 5 nitrogen and oxygen atoms in total. The predicted octanol–water partition coefficient (Wildman–Crippen LogP) is 4.01. The molecular formula is C15H11ClN2O3. The van der Waals surface area contributed by atoms with Gasteiger partial charge in [0.25, 0.3) is 0 Å². The van der Waals surface area contributed by atoms with Crippen molar-refractivity contribution in [1.29, 1.82) is 5.26 Å². The van der Waals surface area contributed by atoms with Crippen LogP contribution in [0.4, 0.5) is 5.69 Å². The number of halogens is 1. The number of nitriles is 1. The lowest BCUT2D eigenvalue weighted by Gasteiger charge is -2.09. The first-order valence-electron chi connectivity index (χ1n) is 6.08. The summed E-state index contributed by atoms with van der Waals surface area (Å²) in [4.78, 5) is 10.6. The number of nitrogens with zero attached hydrogens (tertiary/aromatic N) is 2. The van der Waals surface area contributed by atoms with E-state index in [0.29, 0.717) is 21.7 Å². The highest BCUT2D eigenvalue weighted by Crippen LogP contribution is 2.31. The highest BCUT2D eigenvalue weighted by atomic mass is 35.5. The van der Waals surface area contributed by atoms with E-state index in [4.69, 9.17) is 21.6 Å². The Balaban J connectivity index is 2.23. The number of nitro benzene ring substituents is 1. The molecule has 0 radical (unpaired) electrons. The number of nitro groups is 1. The van der Waals surface area contributed by atoms with E-state index in [1.807, 2.05) is 6.07 Å². The highest BCUT2D eigenvalue weighted by Gasteiger charge is 2.18. The van der Waals surface area contributed by atoms with E-state index in [2.05, 4.69) is 0 Å². The van der Waals surface area contributed by atoms with Gasteiger partial charge in [-0.1, -0.05) is 29.8 Å². The molecule has 0 bridgehead atoms. The van der Waals surface area contributed by atoms with E-state index in [1.54, 1.807) is 37.3 Å². The second-order valence-electron chi connectivity index (χ2n) is 4.39. The van der Waals surface area contributed by atoms with Gasteiger partial charge >= 0.3 is 5.69 Å². The third-order valence-corrected chi connectivity index (χ3v) is 3.30. The van der Waals surface area contributed by atoms with Crippen molar-refractivity contribution in [2.75, 3.05) is 0 Å². The van der Waals surface area contributed by atoms with Crippen LogP contribution in [0.3, 0.4) is 0 Å². The van der Waals surface area contributed by atoms with Gasteiger partial charge in [-0.2, -0.15) is 5.26 Å². The molecule has 0 aromatic heterocycles. The Morgan fingerprint density at radius 3 is 2.76 bits per heavy atom. The minimum absolute atomic E-state index is 0.0535. The molecule has 0 atom stereocenters. The second kappa shape index (κ2) is 6.25. The van der Waals surface area contributed by atoms with Gasteiger partial charge in [0.2, 0.25) is 0 Å². The van der Waals surface area contributed by atoms with Crippen LogP contribution in [-0.4, -0.2) is 4.92 Å².